The fourth-order valence-electron chi connectivity index (χ4n) is 4.33. The molecule has 5 nitrogen and oxygen atoms in total. The van der Waals surface area contributed by atoms with Gasteiger partial charge in [-0.1, -0.05) is 22.9 Å². The number of fused-ring (bicyclic) bond motifs is 2. The minimum absolute atomic E-state index is 0.0430. The predicted molar refractivity (Wildman–Crippen MR) is 123 cm³/mol. The number of anilines is 1. The maximum atomic E-state index is 13.3. The molecule has 1 saturated heterocycles. The molecule has 2 aliphatic rings. The van der Waals surface area contributed by atoms with Gasteiger partial charge in [0.25, 0.3) is 5.91 Å². The first kappa shape index (κ1) is 19.8. The molecule has 3 aromatic rings. The topological polar surface area (TPSA) is 76.3 Å². The zero-order valence-electron chi connectivity index (χ0n) is 16.4. The van der Waals surface area contributed by atoms with E-state index in [2.05, 4.69) is 4.98 Å². The highest BCUT2D eigenvalue weighted by molar-refractivity contribution is 8.01. The number of pyridine rings is 1. The van der Waals surface area contributed by atoms with Gasteiger partial charge >= 0.3 is 0 Å². The highest BCUT2D eigenvalue weighted by Gasteiger charge is 2.43. The number of aryl methyl sites for hydroxylation is 1. The molecule has 0 atom stereocenters. The molecule has 154 valence electrons. The van der Waals surface area contributed by atoms with Gasteiger partial charge in [-0.05, 0) is 50.1 Å². The quantitative estimate of drug-likeness (QED) is 0.543. The van der Waals surface area contributed by atoms with Crippen LogP contribution in [-0.2, 0) is 0 Å². The van der Waals surface area contributed by atoms with Crippen molar-refractivity contribution in [1.82, 2.24) is 9.88 Å². The molecule has 4 heterocycles. The van der Waals surface area contributed by atoms with Crippen molar-refractivity contribution in [3.05, 3.63) is 52.2 Å². The number of carbonyl (C=O) groups excluding carboxylic acids is 2. The molecule has 1 amide bonds. The summed E-state index contributed by atoms with van der Waals surface area (Å²) in [7, 11) is 0. The van der Waals surface area contributed by atoms with Crippen molar-refractivity contribution in [2.75, 3.05) is 18.8 Å². The van der Waals surface area contributed by atoms with Gasteiger partial charge in [0.15, 0.2) is 5.78 Å². The van der Waals surface area contributed by atoms with Crippen molar-refractivity contribution in [3.63, 3.8) is 0 Å². The smallest absolute Gasteiger partial charge is 0.257 e. The number of ketones is 1. The predicted octanol–water partition coefficient (Wildman–Crippen LogP) is 5.19. The van der Waals surface area contributed by atoms with Gasteiger partial charge in [0.2, 0.25) is 0 Å². The molecule has 2 aromatic heterocycles. The number of nitrogens with zero attached hydrogens (tertiary/aromatic N) is 2. The number of thioether (sulfide) groups is 1. The van der Waals surface area contributed by atoms with Crippen LogP contribution in [0.4, 0.5) is 5.00 Å². The third-order valence-corrected chi connectivity index (χ3v) is 8.67. The van der Waals surface area contributed by atoms with Gasteiger partial charge in [-0.25, -0.2) is 4.98 Å². The number of rotatable bonds is 1. The third kappa shape index (κ3) is 3.29. The summed E-state index contributed by atoms with van der Waals surface area (Å²) in [5, 5.41) is 1.92. The van der Waals surface area contributed by atoms with Crippen LogP contribution in [-0.4, -0.2) is 39.4 Å². The molecule has 2 N–H and O–H groups in total. The van der Waals surface area contributed by atoms with Crippen LogP contribution in [0.3, 0.4) is 0 Å². The van der Waals surface area contributed by atoms with Crippen LogP contribution in [0.2, 0.25) is 5.02 Å². The minimum Gasteiger partial charge on any atom is -0.390 e. The van der Waals surface area contributed by atoms with E-state index in [1.54, 1.807) is 17.8 Å². The summed E-state index contributed by atoms with van der Waals surface area (Å²) < 4.78 is -0.157. The number of benzene rings is 1. The Bertz CT molecular complexity index is 1200. The molecule has 1 spiro atoms. The Labute approximate surface area is 187 Å². The molecule has 2 aliphatic heterocycles. The van der Waals surface area contributed by atoms with Crippen molar-refractivity contribution >= 4 is 61.6 Å². The number of likely N-dealkylation sites (tertiary alicyclic amines) is 1. The van der Waals surface area contributed by atoms with E-state index in [4.69, 9.17) is 17.3 Å². The molecule has 0 aliphatic carbocycles. The number of halogens is 1. The molecule has 30 heavy (non-hydrogen) atoms. The van der Waals surface area contributed by atoms with E-state index in [-0.39, 0.29) is 16.4 Å². The number of hydrogen-bond acceptors (Lipinski definition) is 6. The Morgan fingerprint density at radius 3 is 2.77 bits per heavy atom. The first-order valence-electron chi connectivity index (χ1n) is 9.82. The van der Waals surface area contributed by atoms with E-state index in [1.165, 1.54) is 11.3 Å². The van der Waals surface area contributed by atoms with E-state index in [0.717, 1.165) is 39.2 Å². The zero-order valence-corrected chi connectivity index (χ0v) is 18.8. The van der Waals surface area contributed by atoms with Gasteiger partial charge in [0.1, 0.15) is 9.83 Å². The number of hydrogen-bond donors (Lipinski definition) is 1. The summed E-state index contributed by atoms with van der Waals surface area (Å²) in [5.41, 5.74) is 8.39. The van der Waals surface area contributed by atoms with E-state index in [1.807, 2.05) is 36.1 Å². The van der Waals surface area contributed by atoms with Crippen LogP contribution < -0.4 is 5.73 Å². The summed E-state index contributed by atoms with van der Waals surface area (Å²) in [6.45, 7) is 3.15. The summed E-state index contributed by atoms with van der Waals surface area (Å²) in [4.78, 5) is 34.2. The van der Waals surface area contributed by atoms with Crippen molar-refractivity contribution in [2.24, 2.45) is 0 Å². The molecule has 0 bridgehead atoms. The van der Waals surface area contributed by atoms with E-state index >= 15 is 0 Å². The summed E-state index contributed by atoms with van der Waals surface area (Å²) in [6.07, 6.45) is 2.03. The van der Waals surface area contributed by atoms with Gasteiger partial charge in [-0.3, -0.25) is 9.59 Å². The maximum absolute atomic E-state index is 13.3. The Kier molecular flexibility index (Phi) is 4.80. The number of nitrogens with two attached hydrogens (primary N) is 1. The maximum Gasteiger partial charge on any atom is 0.257 e. The van der Waals surface area contributed by atoms with E-state index < -0.39 is 0 Å². The minimum atomic E-state index is -0.157. The van der Waals surface area contributed by atoms with Crippen molar-refractivity contribution in [1.29, 1.82) is 0 Å². The SMILES string of the molecule is Cc1ccc2c(C(=O)N3CCC4(CC3)CC(=O)c3cc(Cl)ccc3S4)c(N)sc2n1. The van der Waals surface area contributed by atoms with Crippen molar-refractivity contribution in [2.45, 2.75) is 35.8 Å². The van der Waals surface area contributed by atoms with Crippen molar-refractivity contribution in [3.8, 4) is 0 Å². The number of aromatic nitrogens is 1. The third-order valence-electron chi connectivity index (χ3n) is 5.95. The largest absolute Gasteiger partial charge is 0.390 e. The highest BCUT2D eigenvalue weighted by Crippen LogP contribution is 2.49. The number of Topliss-reactive ketones (excluding diaryl/α,β-unsaturated/α-hetero) is 1. The second-order valence-electron chi connectivity index (χ2n) is 7.96. The van der Waals surface area contributed by atoms with Gasteiger partial charge in [-0.15, -0.1) is 11.8 Å². The van der Waals surface area contributed by atoms with Gasteiger partial charge in [-0.2, -0.15) is 0 Å². The fourth-order valence-corrected chi connectivity index (χ4v) is 6.95. The number of nitrogen functional groups attached to an aromatic ring is 1. The standard InChI is InChI=1S/C22H20ClN3O2S2/c1-12-2-4-14-18(19(24)29-20(14)25-12)21(28)26-8-6-22(7-9-26)11-16(27)15-10-13(23)3-5-17(15)30-22/h2-5,10H,6-9,11,24H2,1H3. The molecule has 0 unspecified atom stereocenters. The van der Waals surface area contributed by atoms with Crippen LogP contribution >= 0.6 is 34.7 Å². The number of thiophene rings is 1. The molecule has 1 fully saturated rings. The lowest BCUT2D eigenvalue weighted by Crippen LogP contribution is -2.47. The van der Waals surface area contributed by atoms with Gasteiger partial charge in [0.05, 0.1) is 5.56 Å². The second-order valence-corrected chi connectivity index (χ2v) is 10.9. The lowest BCUT2D eigenvalue weighted by Gasteiger charge is -2.43. The van der Waals surface area contributed by atoms with E-state index in [0.29, 0.717) is 35.1 Å². The monoisotopic (exact) mass is 457 g/mol. The lowest BCUT2D eigenvalue weighted by molar-refractivity contribution is 0.0699. The summed E-state index contributed by atoms with van der Waals surface area (Å²) in [5.74, 6) is 0.0964. The normalized spacial score (nSPS) is 18.1. The number of piperidine rings is 1. The number of amides is 1. The van der Waals surface area contributed by atoms with Gasteiger partial charge in [0, 0.05) is 50.8 Å². The summed E-state index contributed by atoms with van der Waals surface area (Å²) >= 11 is 9.19. The van der Waals surface area contributed by atoms with Crippen LogP contribution in [0.5, 0.6) is 0 Å². The molecular weight excluding hydrogens is 438 g/mol. The first-order chi connectivity index (χ1) is 14.3. The molecule has 0 radical (unpaired) electrons. The average molecular weight is 458 g/mol. The Hall–Kier alpha value is -2.09. The number of carbonyl (C=O) groups is 2. The zero-order chi connectivity index (χ0) is 21.0. The molecule has 0 saturated carbocycles. The fraction of sp³-hybridized carbons (Fsp3) is 0.318. The Balaban J connectivity index is 1.37. The Morgan fingerprint density at radius 1 is 1.23 bits per heavy atom. The Morgan fingerprint density at radius 2 is 2.00 bits per heavy atom. The molecule has 5 rings (SSSR count). The first-order valence-corrected chi connectivity index (χ1v) is 11.8. The van der Waals surface area contributed by atoms with Crippen LogP contribution in [0.15, 0.2) is 35.2 Å². The average Bonchev–Trinajstić information content (AvgIpc) is 3.03. The summed E-state index contributed by atoms with van der Waals surface area (Å²) in [6, 6.07) is 9.37. The molecule has 1 aromatic carbocycles. The lowest BCUT2D eigenvalue weighted by atomic mass is 9.87. The molecule has 8 heteroatoms. The van der Waals surface area contributed by atoms with Crippen LogP contribution in [0.1, 0.15) is 45.7 Å². The highest BCUT2D eigenvalue weighted by atomic mass is 35.5. The second kappa shape index (κ2) is 7.25. The van der Waals surface area contributed by atoms with Gasteiger partial charge < -0.3 is 10.6 Å². The van der Waals surface area contributed by atoms with Crippen LogP contribution in [0, 0.1) is 6.92 Å². The molecular formula is C22H20ClN3O2S2. The van der Waals surface area contributed by atoms with Crippen molar-refractivity contribution < 1.29 is 9.59 Å². The van der Waals surface area contributed by atoms with E-state index in [9.17, 15) is 9.59 Å². The van der Waals surface area contributed by atoms with Crippen LogP contribution in [0.25, 0.3) is 10.2 Å².